The predicted octanol–water partition coefficient (Wildman–Crippen LogP) is 7.62. The fourth-order valence-electron chi connectivity index (χ4n) is 5.81. The maximum absolute atomic E-state index is 13.9. The predicted molar refractivity (Wildman–Crippen MR) is 166 cm³/mol. The normalized spacial score (nSPS) is 20.2. The third-order valence-corrected chi connectivity index (χ3v) is 8.72. The number of para-hydroxylation sites is 1. The summed E-state index contributed by atoms with van der Waals surface area (Å²) in [5.74, 6) is 1.87. The van der Waals surface area contributed by atoms with Crippen LogP contribution >= 0.6 is 11.8 Å². The number of benzene rings is 3. The highest BCUT2D eigenvalue weighted by molar-refractivity contribution is 8.18. The van der Waals surface area contributed by atoms with Crippen LogP contribution in [-0.2, 0) is 11.3 Å². The lowest BCUT2D eigenvalue weighted by Crippen LogP contribution is -2.48. The molecule has 1 fully saturated rings. The number of carbonyl (C=O) groups excluding carboxylic acids is 1. The molecular formula is C33H37N3O3S. The van der Waals surface area contributed by atoms with Gasteiger partial charge in [0.1, 0.15) is 11.5 Å². The zero-order valence-corrected chi connectivity index (χ0v) is 24.9. The van der Waals surface area contributed by atoms with Crippen LogP contribution in [0.4, 0.5) is 11.4 Å². The third-order valence-electron chi connectivity index (χ3n) is 7.71. The summed E-state index contributed by atoms with van der Waals surface area (Å²) in [5, 5.41) is 0.655. The van der Waals surface area contributed by atoms with Crippen molar-refractivity contribution in [2.24, 2.45) is 4.99 Å². The van der Waals surface area contributed by atoms with Crippen molar-refractivity contribution < 1.29 is 14.3 Å². The number of amides is 1. The lowest BCUT2D eigenvalue weighted by Gasteiger charge is -2.47. The van der Waals surface area contributed by atoms with Crippen molar-refractivity contribution in [2.45, 2.75) is 52.1 Å². The summed E-state index contributed by atoms with van der Waals surface area (Å²) < 4.78 is 11.2. The van der Waals surface area contributed by atoms with Gasteiger partial charge in [-0.15, -0.1) is 0 Å². The minimum atomic E-state index is -0.0698. The molecular weight excluding hydrogens is 518 g/mol. The Hall–Kier alpha value is -3.71. The number of anilines is 1. The highest BCUT2D eigenvalue weighted by atomic mass is 32.2. The Bertz CT molecular complexity index is 1450. The Morgan fingerprint density at radius 2 is 1.77 bits per heavy atom. The van der Waals surface area contributed by atoms with E-state index < -0.39 is 0 Å². The van der Waals surface area contributed by atoms with Gasteiger partial charge < -0.3 is 14.4 Å². The van der Waals surface area contributed by atoms with Crippen molar-refractivity contribution in [3.05, 3.63) is 88.3 Å². The van der Waals surface area contributed by atoms with Gasteiger partial charge in [0.25, 0.3) is 5.91 Å². The fourth-order valence-corrected chi connectivity index (χ4v) is 6.80. The van der Waals surface area contributed by atoms with E-state index in [-0.39, 0.29) is 11.4 Å². The number of carbonyl (C=O) groups is 1. The van der Waals surface area contributed by atoms with Gasteiger partial charge in [0, 0.05) is 29.4 Å². The zero-order valence-electron chi connectivity index (χ0n) is 24.1. The maximum Gasteiger partial charge on any atom is 0.267 e. The molecule has 7 heteroatoms. The van der Waals surface area contributed by atoms with Gasteiger partial charge in [0.05, 0.1) is 31.4 Å². The second-order valence-corrected chi connectivity index (χ2v) is 11.9. The quantitative estimate of drug-likeness (QED) is 0.281. The van der Waals surface area contributed by atoms with Crippen LogP contribution < -0.4 is 14.4 Å². The Morgan fingerprint density at radius 1 is 1.05 bits per heavy atom. The van der Waals surface area contributed by atoms with E-state index in [1.165, 1.54) is 23.0 Å². The van der Waals surface area contributed by atoms with E-state index in [4.69, 9.17) is 14.5 Å². The monoisotopic (exact) mass is 555 g/mol. The summed E-state index contributed by atoms with van der Waals surface area (Å²) in [6, 6.07) is 21.9. The molecule has 1 saturated heterocycles. The Balaban J connectivity index is 1.54. The summed E-state index contributed by atoms with van der Waals surface area (Å²) in [5.41, 5.74) is 5.28. The van der Waals surface area contributed by atoms with Gasteiger partial charge in [-0.3, -0.25) is 9.69 Å². The molecule has 0 radical (unpaired) electrons. The number of fused-ring (bicyclic) bond motifs is 1. The molecule has 2 aliphatic heterocycles. The molecule has 0 saturated carbocycles. The molecule has 3 aromatic rings. The molecule has 1 atom stereocenters. The molecule has 1 unspecified atom stereocenters. The van der Waals surface area contributed by atoms with Gasteiger partial charge in [-0.25, -0.2) is 4.99 Å². The number of aliphatic imine (C=N–C) groups is 1. The number of nitrogens with zero attached hydrogens (tertiary/aromatic N) is 3. The lowest BCUT2D eigenvalue weighted by molar-refractivity contribution is -0.122. The summed E-state index contributed by atoms with van der Waals surface area (Å²) >= 11 is 1.40. The Kier molecular flexibility index (Phi) is 7.95. The van der Waals surface area contributed by atoms with Crippen LogP contribution in [0.3, 0.4) is 0 Å². The number of hydrogen-bond acceptors (Lipinski definition) is 6. The fraction of sp³-hybridized carbons (Fsp3) is 0.333. The number of ether oxygens (including phenoxy) is 2. The van der Waals surface area contributed by atoms with Crippen molar-refractivity contribution in [1.82, 2.24) is 4.90 Å². The molecule has 6 nitrogen and oxygen atoms in total. The van der Waals surface area contributed by atoms with E-state index in [0.29, 0.717) is 22.5 Å². The molecule has 1 amide bonds. The Labute approximate surface area is 241 Å². The molecule has 0 aromatic heterocycles. The standard InChI is InChI=1S/C33H37N3O3S/c1-7-36-28-19-29(39-6)24(17-27(28)22(2)20-33(36,3)4)18-30-31(37)35(21-23-13-15-26(38-5)16-14-23)32(40-30)34-25-11-9-8-10-12-25/h8-19,22H,7,20-21H2,1-6H3/b30-18+,34-32?. The number of methoxy groups -OCH3 is 2. The molecule has 2 heterocycles. The maximum atomic E-state index is 13.9. The van der Waals surface area contributed by atoms with E-state index in [1.807, 2.05) is 60.7 Å². The molecule has 0 N–H and O–H groups in total. The smallest absolute Gasteiger partial charge is 0.267 e. The average molecular weight is 556 g/mol. The second kappa shape index (κ2) is 11.4. The first-order valence-corrected chi connectivity index (χ1v) is 14.5. The van der Waals surface area contributed by atoms with Gasteiger partial charge in [-0.05, 0) is 92.4 Å². The molecule has 0 bridgehead atoms. The zero-order chi connectivity index (χ0) is 28.4. The van der Waals surface area contributed by atoms with E-state index in [2.05, 4.69) is 44.7 Å². The molecule has 0 spiro atoms. The summed E-state index contributed by atoms with van der Waals surface area (Å²) in [4.78, 5) is 23.5. The van der Waals surface area contributed by atoms with Gasteiger partial charge in [0.15, 0.2) is 5.17 Å². The van der Waals surface area contributed by atoms with Gasteiger partial charge in [-0.2, -0.15) is 0 Å². The number of rotatable bonds is 7. The van der Waals surface area contributed by atoms with E-state index >= 15 is 0 Å². The number of hydrogen-bond donors (Lipinski definition) is 0. The van der Waals surface area contributed by atoms with Crippen molar-refractivity contribution in [3.63, 3.8) is 0 Å². The summed E-state index contributed by atoms with van der Waals surface area (Å²) in [6.07, 6.45) is 3.02. The van der Waals surface area contributed by atoms with Crippen LogP contribution in [0, 0.1) is 0 Å². The van der Waals surface area contributed by atoms with Crippen molar-refractivity contribution in [2.75, 3.05) is 25.7 Å². The van der Waals surface area contributed by atoms with Crippen molar-refractivity contribution >= 4 is 40.3 Å². The molecule has 208 valence electrons. The molecule has 3 aromatic carbocycles. The first-order chi connectivity index (χ1) is 19.2. The van der Waals surface area contributed by atoms with Crippen molar-refractivity contribution in [1.29, 1.82) is 0 Å². The van der Waals surface area contributed by atoms with Gasteiger partial charge in [0.2, 0.25) is 0 Å². The average Bonchev–Trinajstić information content (AvgIpc) is 3.22. The SMILES string of the molecule is CCN1c2cc(OC)c(/C=C3/SC(=Nc4ccccc4)N(Cc4ccc(OC)cc4)C3=O)cc2C(C)CC1(C)C. The first kappa shape index (κ1) is 27.8. The summed E-state index contributed by atoms with van der Waals surface area (Å²) in [7, 11) is 3.34. The molecule has 40 heavy (non-hydrogen) atoms. The summed E-state index contributed by atoms with van der Waals surface area (Å²) in [6.45, 7) is 10.4. The van der Waals surface area contributed by atoms with Crippen LogP contribution in [0.15, 0.2) is 76.6 Å². The molecule has 2 aliphatic rings. The molecule has 5 rings (SSSR count). The number of amidine groups is 1. The number of thioether (sulfide) groups is 1. The van der Waals surface area contributed by atoms with E-state index in [0.717, 1.165) is 41.3 Å². The van der Waals surface area contributed by atoms with Crippen LogP contribution in [0.1, 0.15) is 56.7 Å². The topological polar surface area (TPSA) is 54.4 Å². The van der Waals surface area contributed by atoms with Crippen molar-refractivity contribution in [3.8, 4) is 11.5 Å². The Morgan fingerprint density at radius 3 is 2.42 bits per heavy atom. The van der Waals surface area contributed by atoms with E-state index in [9.17, 15) is 4.79 Å². The van der Waals surface area contributed by atoms with Crippen LogP contribution in [0.25, 0.3) is 6.08 Å². The van der Waals surface area contributed by atoms with E-state index in [1.54, 1.807) is 19.1 Å². The first-order valence-electron chi connectivity index (χ1n) is 13.7. The van der Waals surface area contributed by atoms with Gasteiger partial charge in [-0.1, -0.05) is 37.3 Å². The highest BCUT2D eigenvalue weighted by Crippen LogP contribution is 2.46. The van der Waals surface area contributed by atoms with Crippen LogP contribution in [0.2, 0.25) is 0 Å². The molecule has 0 aliphatic carbocycles. The second-order valence-electron chi connectivity index (χ2n) is 10.9. The van der Waals surface area contributed by atoms with Crippen LogP contribution in [-0.4, -0.2) is 42.3 Å². The minimum absolute atomic E-state index is 0.0637. The largest absolute Gasteiger partial charge is 0.497 e. The van der Waals surface area contributed by atoms with Crippen LogP contribution in [0.5, 0.6) is 11.5 Å². The minimum Gasteiger partial charge on any atom is -0.497 e. The lowest BCUT2D eigenvalue weighted by atomic mass is 9.79. The third kappa shape index (κ3) is 5.48. The van der Waals surface area contributed by atoms with Gasteiger partial charge >= 0.3 is 0 Å². The highest BCUT2D eigenvalue weighted by Gasteiger charge is 2.37.